The van der Waals surface area contributed by atoms with Crippen LogP contribution in [-0.2, 0) is 24.6 Å². The van der Waals surface area contributed by atoms with Gasteiger partial charge in [0.05, 0.1) is 23.1 Å². The van der Waals surface area contributed by atoms with Crippen molar-refractivity contribution in [2.24, 2.45) is 7.05 Å². The number of carbonyl (C=O) groups excluding carboxylic acids is 1. The second kappa shape index (κ2) is 19.9. The van der Waals surface area contributed by atoms with Gasteiger partial charge >= 0.3 is 6.18 Å². The Morgan fingerprint density at radius 1 is 1.11 bits per heavy atom. The van der Waals surface area contributed by atoms with E-state index in [1.807, 2.05) is 13.0 Å². The van der Waals surface area contributed by atoms with E-state index in [0.717, 1.165) is 50.6 Å². The molecule has 0 fully saturated rings. The molecule has 256 valence electrons. The number of nitrogens with zero attached hydrogens (tertiary/aromatic N) is 4. The van der Waals surface area contributed by atoms with Crippen LogP contribution in [-0.4, -0.2) is 51.4 Å². The van der Waals surface area contributed by atoms with Gasteiger partial charge < -0.3 is 14.4 Å². The van der Waals surface area contributed by atoms with Gasteiger partial charge in [-0.05, 0) is 70.0 Å². The summed E-state index contributed by atoms with van der Waals surface area (Å²) in [4.78, 5) is 21.4. The fourth-order valence-electron chi connectivity index (χ4n) is 4.59. The minimum absolute atomic E-state index is 0.0275. The molecule has 1 heterocycles. The third-order valence-electron chi connectivity index (χ3n) is 7.44. The number of carbonyl (C=O) groups is 1. The lowest BCUT2D eigenvalue weighted by Gasteiger charge is -2.23. The van der Waals surface area contributed by atoms with Gasteiger partial charge in [0.25, 0.3) is 5.91 Å². The molecule has 46 heavy (non-hydrogen) atoms. The largest absolute Gasteiger partial charge is 0.416 e. The number of amides is 1. The van der Waals surface area contributed by atoms with E-state index >= 15 is 0 Å². The fraction of sp³-hybridized carbons (Fsp3) is 0.500. The van der Waals surface area contributed by atoms with E-state index in [-0.39, 0.29) is 17.6 Å². The highest BCUT2D eigenvalue weighted by atomic mass is 19.4. The summed E-state index contributed by atoms with van der Waals surface area (Å²) >= 11 is 0. The first-order valence-corrected chi connectivity index (χ1v) is 15.9. The Morgan fingerprint density at radius 3 is 2.26 bits per heavy atom. The molecule has 0 radical (unpaired) electrons. The molecule has 0 spiro atoms. The highest BCUT2D eigenvalue weighted by Crippen LogP contribution is 2.33. The maximum atomic E-state index is 13.9. The van der Waals surface area contributed by atoms with Gasteiger partial charge in [-0.2, -0.15) is 13.2 Å². The zero-order chi connectivity index (χ0) is 35.0. The first kappa shape index (κ1) is 40.5. The van der Waals surface area contributed by atoms with E-state index in [0.29, 0.717) is 29.9 Å². The summed E-state index contributed by atoms with van der Waals surface area (Å²) in [6.45, 7) is 23.3. The van der Waals surface area contributed by atoms with E-state index in [1.54, 1.807) is 18.5 Å². The zero-order valence-corrected chi connectivity index (χ0v) is 28.5. The number of rotatable bonds is 12. The average molecular weight is 651 g/mol. The number of halogens is 5. The highest BCUT2D eigenvalue weighted by molar-refractivity contribution is 5.94. The second-order valence-corrected chi connectivity index (χ2v) is 11.2. The van der Waals surface area contributed by atoms with Crippen LogP contribution in [0.1, 0.15) is 83.7 Å². The molecule has 3 rings (SSSR count). The number of benzene rings is 1. The van der Waals surface area contributed by atoms with Crippen LogP contribution < -0.4 is 0 Å². The van der Waals surface area contributed by atoms with Gasteiger partial charge in [0, 0.05) is 32.1 Å². The number of hydrogen-bond acceptors (Lipinski definition) is 3. The molecule has 0 atom stereocenters. The summed E-state index contributed by atoms with van der Waals surface area (Å²) in [5, 5.41) is 0. The van der Waals surface area contributed by atoms with Gasteiger partial charge in [-0.15, -0.1) is 13.2 Å². The lowest BCUT2D eigenvalue weighted by molar-refractivity contribution is -0.137. The number of imidazole rings is 1. The summed E-state index contributed by atoms with van der Waals surface area (Å²) in [5.74, 6) is -2.10. The first-order chi connectivity index (χ1) is 21.6. The minimum atomic E-state index is -4.49. The molecule has 1 aliphatic carbocycles. The van der Waals surface area contributed by atoms with E-state index in [4.69, 9.17) is 0 Å². The summed E-state index contributed by atoms with van der Waals surface area (Å²) in [7, 11) is 1.68. The summed E-state index contributed by atoms with van der Waals surface area (Å²) in [5.41, 5.74) is 1.74. The standard InChI is InChI=1S/C23H24F5N3O.C9H19N.C4H8/c1-4-5-9-31(22(32)15-7-6-8-17(24)18(25)11-15)13-20-29-19-12-16(23(26,27)28)10-14(2)21(19)30(20)3;1-5-10(6-2)8-7-9(3)4;1-3-4-2/h6-8,10,12H,4-5,9,11,13H2,1-3H3;3,5-8H2,1-2,4H3;3H,1,4H2,2H3. The number of unbranched alkanes of at least 4 members (excludes halogenated alkanes) is 1. The topological polar surface area (TPSA) is 41.4 Å². The smallest absolute Gasteiger partial charge is 0.331 e. The Hall–Kier alpha value is -3.53. The molecular formula is C36H51F5N4O. The van der Waals surface area contributed by atoms with Gasteiger partial charge in [0.1, 0.15) is 11.7 Å². The second-order valence-electron chi connectivity index (χ2n) is 11.2. The van der Waals surface area contributed by atoms with Crippen LogP contribution >= 0.6 is 0 Å². The van der Waals surface area contributed by atoms with Gasteiger partial charge in [-0.25, -0.2) is 13.8 Å². The molecule has 2 aromatic rings. The number of hydrogen-bond donors (Lipinski definition) is 0. The van der Waals surface area contributed by atoms with Crippen LogP contribution in [0.3, 0.4) is 0 Å². The van der Waals surface area contributed by atoms with Crippen LogP contribution in [0, 0.1) is 6.92 Å². The first-order valence-electron chi connectivity index (χ1n) is 15.9. The third-order valence-corrected chi connectivity index (χ3v) is 7.44. The van der Waals surface area contributed by atoms with Crippen LogP contribution in [0.2, 0.25) is 0 Å². The predicted octanol–water partition coefficient (Wildman–Crippen LogP) is 9.94. The van der Waals surface area contributed by atoms with Crippen LogP contribution in [0.15, 0.2) is 72.4 Å². The molecule has 5 nitrogen and oxygen atoms in total. The zero-order valence-electron chi connectivity index (χ0n) is 28.5. The highest BCUT2D eigenvalue weighted by Gasteiger charge is 2.32. The Bertz CT molecular complexity index is 1400. The van der Waals surface area contributed by atoms with Crippen molar-refractivity contribution in [3.05, 3.63) is 89.3 Å². The van der Waals surface area contributed by atoms with Crippen molar-refractivity contribution in [2.75, 3.05) is 26.2 Å². The predicted molar refractivity (Wildman–Crippen MR) is 180 cm³/mol. The molecule has 0 saturated carbocycles. The van der Waals surface area contributed by atoms with Crippen molar-refractivity contribution >= 4 is 16.9 Å². The van der Waals surface area contributed by atoms with E-state index in [9.17, 15) is 26.7 Å². The van der Waals surface area contributed by atoms with Crippen molar-refractivity contribution in [1.29, 1.82) is 0 Å². The molecule has 1 aliphatic rings. The fourth-order valence-corrected chi connectivity index (χ4v) is 4.59. The molecule has 1 aromatic heterocycles. The molecule has 10 heteroatoms. The Morgan fingerprint density at radius 2 is 1.74 bits per heavy atom. The van der Waals surface area contributed by atoms with Crippen LogP contribution in [0.25, 0.3) is 11.0 Å². The van der Waals surface area contributed by atoms with Crippen molar-refractivity contribution in [2.45, 2.75) is 86.4 Å². The summed E-state index contributed by atoms with van der Waals surface area (Å²) < 4.78 is 68.7. The number of alkyl halides is 3. The van der Waals surface area contributed by atoms with Gasteiger partial charge in [0.15, 0.2) is 5.83 Å². The van der Waals surface area contributed by atoms with Crippen molar-refractivity contribution in [3.8, 4) is 0 Å². The maximum absolute atomic E-state index is 13.9. The lowest BCUT2D eigenvalue weighted by Crippen LogP contribution is -2.33. The van der Waals surface area contributed by atoms with E-state index in [1.165, 1.54) is 29.2 Å². The van der Waals surface area contributed by atoms with Gasteiger partial charge in [-0.3, -0.25) is 4.79 Å². The quantitative estimate of drug-likeness (QED) is 0.170. The molecule has 0 bridgehead atoms. The maximum Gasteiger partial charge on any atom is 0.416 e. The normalized spacial score (nSPS) is 13.0. The van der Waals surface area contributed by atoms with Crippen molar-refractivity contribution in [3.63, 3.8) is 0 Å². The molecule has 0 N–H and O–H groups in total. The van der Waals surface area contributed by atoms with Crippen molar-refractivity contribution < 1.29 is 26.7 Å². The molecule has 1 amide bonds. The van der Waals surface area contributed by atoms with E-state index in [2.05, 4.69) is 50.7 Å². The van der Waals surface area contributed by atoms with Crippen LogP contribution in [0.5, 0.6) is 0 Å². The molecule has 0 saturated heterocycles. The minimum Gasteiger partial charge on any atom is -0.331 e. The SMILES string of the molecule is C=C(C)CCN(CC)CC.C=CCC.CCCCN(Cc1nc2cc(C(F)(F)F)cc(C)c2n1C)C(=O)C1=CC=CC(F)=C(F)C1. The lowest BCUT2D eigenvalue weighted by atomic mass is 10.1. The molecular weight excluding hydrogens is 599 g/mol. The van der Waals surface area contributed by atoms with Crippen molar-refractivity contribution in [1.82, 2.24) is 19.4 Å². The molecule has 1 aromatic carbocycles. The number of aromatic nitrogens is 2. The summed E-state index contributed by atoms with van der Waals surface area (Å²) in [6.07, 6.45) is 4.22. The Labute approximate surface area is 271 Å². The average Bonchev–Trinajstić information content (AvgIpc) is 3.22. The Balaban J connectivity index is 0.000000632. The number of aryl methyl sites for hydroxylation is 2. The third kappa shape index (κ3) is 12.7. The van der Waals surface area contributed by atoms with Crippen LogP contribution in [0.4, 0.5) is 22.0 Å². The number of allylic oxidation sites excluding steroid dienone is 6. The van der Waals surface area contributed by atoms with E-state index < -0.39 is 35.7 Å². The molecule has 0 aliphatic heterocycles. The Kier molecular flexibility index (Phi) is 17.5. The molecule has 0 unspecified atom stereocenters. The van der Waals surface area contributed by atoms with Gasteiger partial charge in [-0.1, -0.05) is 57.9 Å². The monoisotopic (exact) mass is 650 g/mol. The van der Waals surface area contributed by atoms with Gasteiger partial charge in [0.2, 0.25) is 0 Å². The number of fused-ring (bicyclic) bond motifs is 1. The summed E-state index contributed by atoms with van der Waals surface area (Å²) in [6, 6.07) is 2.06.